The Morgan fingerprint density at radius 2 is 1.67 bits per heavy atom. The van der Waals surface area contributed by atoms with Crippen LogP contribution < -0.4 is 5.73 Å². The molecule has 0 aliphatic carbocycles. The molecule has 0 saturated heterocycles. The minimum absolute atomic E-state index is 0.480. The Hall–Kier alpha value is -0.160. The maximum absolute atomic E-state index is 5.41. The van der Waals surface area contributed by atoms with E-state index < -0.39 is 5.97 Å². The Morgan fingerprint density at radius 3 is 1.92 bits per heavy atom. The molecule has 0 aromatic carbocycles. The summed E-state index contributed by atoms with van der Waals surface area (Å²) < 4.78 is 15.8. The summed E-state index contributed by atoms with van der Waals surface area (Å²) in [6, 6.07) is 0. The van der Waals surface area contributed by atoms with E-state index in [9.17, 15) is 0 Å². The summed E-state index contributed by atoms with van der Waals surface area (Å²) >= 11 is 0. The molecular weight excluding hydrogens is 158 g/mol. The Kier molecular flexibility index (Phi) is 6.28. The second-order valence-corrected chi connectivity index (χ2v) is 2.29. The van der Waals surface area contributed by atoms with Gasteiger partial charge in [0.15, 0.2) is 0 Å². The zero-order valence-corrected chi connectivity index (χ0v) is 8.13. The molecule has 0 aliphatic heterocycles. The standard InChI is InChI=1S/C8H19NO3/c1-4-11-8(10-3,6-7-9)12-5-2/h4-7,9H2,1-3H3. The highest BCUT2D eigenvalue weighted by molar-refractivity contribution is 4.57. The third kappa shape index (κ3) is 3.49. The largest absolute Gasteiger partial charge is 0.331 e. The molecule has 0 saturated carbocycles. The van der Waals surface area contributed by atoms with E-state index in [2.05, 4.69) is 0 Å². The molecule has 0 amide bonds. The highest BCUT2D eigenvalue weighted by Gasteiger charge is 2.30. The van der Waals surface area contributed by atoms with E-state index in [1.165, 1.54) is 0 Å². The van der Waals surface area contributed by atoms with Gasteiger partial charge in [0.1, 0.15) is 0 Å². The second kappa shape index (κ2) is 6.37. The summed E-state index contributed by atoms with van der Waals surface area (Å²) in [5.74, 6) is -0.932. The van der Waals surface area contributed by atoms with E-state index in [1.807, 2.05) is 13.8 Å². The van der Waals surface area contributed by atoms with E-state index in [-0.39, 0.29) is 0 Å². The monoisotopic (exact) mass is 177 g/mol. The number of methoxy groups -OCH3 is 1. The van der Waals surface area contributed by atoms with Crippen LogP contribution in [0.15, 0.2) is 0 Å². The smallest absolute Gasteiger partial charge is 0.283 e. The van der Waals surface area contributed by atoms with Gasteiger partial charge in [-0.15, -0.1) is 0 Å². The first-order chi connectivity index (χ1) is 5.74. The highest BCUT2D eigenvalue weighted by Crippen LogP contribution is 2.17. The summed E-state index contributed by atoms with van der Waals surface area (Å²) in [6.45, 7) is 5.36. The molecule has 4 nitrogen and oxygen atoms in total. The lowest BCUT2D eigenvalue weighted by molar-refractivity contribution is -0.370. The van der Waals surface area contributed by atoms with Crippen LogP contribution in [0.2, 0.25) is 0 Å². The molecule has 2 N–H and O–H groups in total. The lowest BCUT2D eigenvalue weighted by atomic mass is 10.3. The molecule has 0 fully saturated rings. The Labute approximate surface area is 74.0 Å². The SMILES string of the molecule is CCOC(CCN)(OC)OCC. The molecule has 0 rings (SSSR count). The van der Waals surface area contributed by atoms with Gasteiger partial charge in [-0.25, -0.2) is 0 Å². The molecule has 0 aromatic rings. The zero-order valence-electron chi connectivity index (χ0n) is 8.13. The maximum atomic E-state index is 5.41. The second-order valence-electron chi connectivity index (χ2n) is 2.29. The first-order valence-corrected chi connectivity index (χ1v) is 4.27. The summed E-state index contributed by atoms with van der Waals surface area (Å²) in [7, 11) is 1.56. The van der Waals surface area contributed by atoms with Crippen LogP contribution >= 0.6 is 0 Å². The van der Waals surface area contributed by atoms with E-state index in [1.54, 1.807) is 7.11 Å². The minimum Gasteiger partial charge on any atom is -0.331 e. The van der Waals surface area contributed by atoms with Crippen molar-refractivity contribution in [2.45, 2.75) is 26.2 Å². The van der Waals surface area contributed by atoms with Gasteiger partial charge in [0.2, 0.25) is 0 Å². The number of rotatable bonds is 7. The summed E-state index contributed by atoms with van der Waals surface area (Å²) in [4.78, 5) is 0. The van der Waals surface area contributed by atoms with Crippen LogP contribution in [0, 0.1) is 0 Å². The third-order valence-electron chi connectivity index (χ3n) is 1.49. The molecule has 0 bridgehead atoms. The molecular formula is C8H19NO3. The van der Waals surface area contributed by atoms with Gasteiger partial charge in [0.25, 0.3) is 5.97 Å². The van der Waals surface area contributed by atoms with Crippen LogP contribution in [0.25, 0.3) is 0 Å². The number of ether oxygens (including phenoxy) is 3. The van der Waals surface area contributed by atoms with E-state index in [0.29, 0.717) is 26.2 Å². The highest BCUT2D eigenvalue weighted by atomic mass is 16.9. The van der Waals surface area contributed by atoms with Crippen molar-refractivity contribution in [1.82, 2.24) is 0 Å². The Bertz CT molecular complexity index is 91.5. The predicted octanol–water partition coefficient (Wildman–Crippen LogP) is 0.708. The maximum Gasteiger partial charge on any atom is 0.283 e. The van der Waals surface area contributed by atoms with Gasteiger partial charge in [0, 0.05) is 33.3 Å². The molecule has 0 aliphatic rings. The van der Waals surface area contributed by atoms with Crippen molar-refractivity contribution < 1.29 is 14.2 Å². The average molecular weight is 177 g/mol. The van der Waals surface area contributed by atoms with Gasteiger partial charge in [-0.3, -0.25) is 0 Å². The lowest BCUT2D eigenvalue weighted by Crippen LogP contribution is -2.40. The Balaban J connectivity index is 4.06. The van der Waals surface area contributed by atoms with Crippen LogP contribution in [-0.2, 0) is 14.2 Å². The third-order valence-corrected chi connectivity index (χ3v) is 1.49. The topological polar surface area (TPSA) is 53.7 Å². The molecule has 0 aromatic heterocycles. The fourth-order valence-electron chi connectivity index (χ4n) is 1.02. The van der Waals surface area contributed by atoms with Crippen LogP contribution in [0.3, 0.4) is 0 Å². The van der Waals surface area contributed by atoms with Crippen molar-refractivity contribution in [2.24, 2.45) is 5.73 Å². The molecule has 0 atom stereocenters. The van der Waals surface area contributed by atoms with Crippen molar-refractivity contribution in [1.29, 1.82) is 0 Å². The fourth-order valence-corrected chi connectivity index (χ4v) is 1.02. The molecule has 4 heteroatoms. The van der Waals surface area contributed by atoms with E-state index in [4.69, 9.17) is 19.9 Å². The average Bonchev–Trinajstić information content (AvgIpc) is 2.06. The first-order valence-electron chi connectivity index (χ1n) is 4.27. The van der Waals surface area contributed by atoms with Gasteiger partial charge in [-0.05, 0) is 13.8 Å². The summed E-state index contributed by atoms with van der Waals surface area (Å²) in [6.07, 6.45) is 0.547. The first kappa shape index (κ1) is 11.8. The van der Waals surface area contributed by atoms with Gasteiger partial charge in [0.05, 0.1) is 0 Å². The van der Waals surface area contributed by atoms with Gasteiger partial charge in [-0.1, -0.05) is 0 Å². The van der Waals surface area contributed by atoms with E-state index in [0.717, 1.165) is 0 Å². The van der Waals surface area contributed by atoms with Gasteiger partial charge in [-0.2, -0.15) is 0 Å². The fraction of sp³-hybridized carbons (Fsp3) is 1.00. The van der Waals surface area contributed by atoms with Gasteiger partial charge < -0.3 is 19.9 Å². The predicted molar refractivity (Wildman–Crippen MR) is 46.7 cm³/mol. The van der Waals surface area contributed by atoms with Crippen molar-refractivity contribution >= 4 is 0 Å². The summed E-state index contributed by atoms with van der Waals surface area (Å²) in [5.41, 5.74) is 5.41. The quantitative estimate of drug-likeness (QED) is 0.582. The molecule has 0 unspecified atom stereocenters. The molecule has 0 radical (unpaired) electrons. The number of nitrogens with two attached hydrogens (primary N) is 1. The molecule has 0 spiro atoms. The Morgan fingerprint density at radius 1 is 1.17 bits per heavy atom. The number of hydrogen-bond donors (Lipinski definition) is 1. The molecule has 12 heavy (non-hydrogen) atoms. The minimum atomic E-state index is -0.932. The van der Waals surface area contributed by atoms with Crippen molar-refractivity contribution in [3.8, 4) is 0 Å². The van der Waals surface area contributed by atoms with Crippen molar-refractivity contribution in [3.63, 3.8) is 0 Å². The molecule has 74 valence electrons. The normalized spacial score (nSPS) is 12.0. The van der Waals surface area contributed by atoms with E-state index >= 15 is 0 Å². The summed E-state index contributed by atoms with van der Waals surface area (Å²) in [5, 5.41) is 0. The van der Waals surface area contributed by atoms with Crippen molar-refractivity contribution in [3.05, 3.63) is 0 Å². The lowest BCUT2D eigenvalue weighted by Gasteiger charge is -2.30. The van der Waals surface area contributed by atoms with Crippen LogP contribution in [-0.4, -0.2) is 32.8 Å². The number of hydrogen-bond acceptors (Lipinski definition) is 4. The zero-order chi connectivity index (χ0) is 9.45. The van der Waals surface area contributed by atoms with Gasteiger partial charge >= 0.3 is 0 Å². The van der Waals surface area contributed by atoms with Crippen LogP contribution in [0.1, 0.15) is 20.3 Å². The van der Waals surface area contributed by atoms with Crippen LogP contribution in [0.5, 0.6) is 0 Å². The van der Waals surface area contributed by atoms with Crippen LogP contribution in [0.4, 0.5) is 0 Å². The van der Waals surface area contributed by atoms with Crippen molar-refractivity contribution in [2.75, 3.05) is 26.9 Å². The molecule has 0 heterocycles.